The molecule has 2 N–H and O–H groups in total. The van der Waals surface area contributed by atoms with Gasteiger partial charge in [0.2, 0.25) is 0 Å². The number of hydrogen-bond donors (Lipinski definition) is 2. The number of imidazole rings is 1. The predicted molar refractivity (Wildman–Crippen MR) is 108 cm³/mol. The number of para-hydroxylation sites is 3. The Morgan fingerprint density at radius 1 is 1.21 bits per heavy atom. The van der Waals surface area contributed by atoms with Crippen molar-refractivity contribution in [3.05, 3.63) is 66.2 Å². The summed E-state index contributed by atoms with van der Waals surface area (Å²) in [5.74, 6) is 1.46. The van der Waals surface area contributed by atoms with E-state index in [0.717, 1.165) is 29.0 Å². The van der Waals surface area contributed by atoms with E-state index in [0.29, 0.717) is 11.3 Å². The molecule has 1 unspecified atom stereocenters. The number of amides is 1. The molecule has 1 amide bonds. The van der Waals surface area contributed by atoms with Crippen molar-refractivity contribution in [3.63, 3.8) is 0 Å². The van der Waals surface area contributed by atoms with Gasteiger partial charge in [-0.3, -0.25) is 4.79 Å². The lowest BCUT2D eigenvalue weighted by atomic mass is 10.1. The maximum absolute atomic E-state index is 13.1. The summed E-state index contributed by atoms with van der Waals surface area (Å²) in [5.41, 5.74) is 2.96. The molecule has 0 bridgehead atoms. The van der Waals surface area contributed by atoms with Crippen LogP contribution in [0.2, 0.25) is 0 Å². The molecule has 142 valence electrons. The number of aromatic nitrogens is 6. The molecule has 0 spiro atoms. The monoisotopic (exact) mass is 393 g/mol. The Morgan fingerprint density at radius 2 is 2.04 bits per heavy atom. The fourth-order valence-corrected chi connectivity index (χ4v) is 3.50. The molecule has 0 aliphatic heterocycles. The number of carbonyl (C=O) groups excluding carboxylic acids is 1. The van der Waals surface area contributed by atoms with Gasteiger partial charge in [-0.05, 0) is 53.1 Å². The third-order valence-corrected chi connectivity index (χ3v) is 5.04. The normalized spacial score (nSPS) is 12.2. The number of fused-ring (bicyclic) bond motifs is 1. The summed E-state index contributed by atoms with van der Waals surface area (Å²) in [4.78, 5) is 21.1. The Morgan fingerprint density at radius 3 is 2.82 bits per heavy atom. The molecule has 0 aliphatic carbocycles. The Kier molecular flexibility index (Phi) is 5.34. The Labute approximate surface area is 165 Å². The van der Waals surface area contributed by atoms with Crippen LogP contribution in [-0.4, -0.2) is 48.1 Å². The number of nitrogens with one attached hydrogen (secondary N) is 2. The first-order valence-corrected chi connectivity index (χ1v) is 10.2. The summed E-state index contributed by atoms with van der Waals surface area (Å²) in [6, 6.07) is 14.9. The van der Waals surface area contributed by atoms with E-state index in [-0.39, 0.29) is 11.9 Å². The van der Waals surface area contributed by atoms with Gasteiger partial charge in [0, 0.05) is 0 Å². The van der Waals surface area contributed by atoms with E-state index in [1.807, 2.05) is 48.7 Å². The zero-order valence-electron chi connectivity index (χ0n) is 15.2. The van der Waals surface area contributed by atoms with Gasteiger partial charge in [0.1, 0.15) is 12.2 Å². The van der Waals surface area contributed by atoms with Gasteiger partial charge in [-0.2, -0.15) is 16.4 Å². The molecule has 1 atom stereocenters. The van der Waals surface area contributed by atoms with Gasteiger partial charge < -0.3 is 10.3 Å². The molecule has 0 saturated heterocycles. The second-order valence-electron chi connectivity index (χ2n) is 6.22. The second-order valence-corrected chi connectivity index (χ2v) is 7.20. The number of hydrogen-bond acceptors (Lipinski definition) is 6. The molecule has 2 heterocycles. The molecule has 28 heavy (non-hydrogen) atoms. The number of rotatable bonds is 7. The maximum Gasteiger partial charge on any atom is 0.254 e. The highest BCUT2D eigenvalue weighted by Gasteiger charge is 2.21. The van der Waals surface area contributed by atoms with Crippen LogP contribution in [0.25, 0.3) is 16.7 Å². The molecule has 0 fully saturated rings. The summed E-state index contributed by atoms with van der Waals surface area (Å²) >= 11 is 1.73. The van der Waals surface area contributed by atoms with E-state index < -0.39 is 0 Å². The number of aromatic amines is 1. The van der Waals surface area contributed by atoms with Crippen LogP contribution < -0.4 is 5.32 Å². The van der Waals surface area contributed by atoms with Gasteiger partial charge in [0.15, 0.2) is 0 Å². The SMILES string of the molecule is CSCCC(NC(=O)c1ccccc1-n1cnnn1)c1nc2ccccc2[nH]1. The largest absolute Gasteiger partial charge is 0.342 e. The van der Waals surface area contributed by atoms with Gasteiger partial charge in [0.05, 0.1) is 28.3 Å². The quantitative estimate of drug-likeness (QED) is 0.501. The zero-order valence-corrected chi connectivity index (χ0v) is 16.1. The van der Waals surface area contributed by atoms with Crippen LogP contribution in [0.5, 0.6) is 0 Å². The zero-order chi connectivity index (χ0) is 19.3. The lowest BCUT2D eigenvalue weighted by Crippen LogP contribution is -2.30. The molecule has 8 nitrogen and oxygen atoms in total. The lowest BCUT2D eigenvalue weighted by molar-refractivity contribution is 0.0934. The minimum atomic E-state index is -0.228. The third kappa shape index (κ3) is 3.74. The van der Waals surface area contributed by atoms with E-state index >= 15 is 0 Å². The number of tetrazole rings is 1. The van der Waals surface area contributed by atoms with Crippen molar-refractivity contribution >= 4 is 28.7 Å². The van der Waals surface area contributed by atoms with Crippen LogP contribution >= 0.6 is 11.8 Å². The maximum atomic E-state index is 13.1. The van der Waals surface area contributed by atoms with Crippen LogP contribution in [0.1, 0.15) is 28.6 Å². The van der Waals surface area contributed by atoms with Crippen LogP contribution in [0.15, 0.2) is 54.9 Å². The van der Waals surface area contributed by atoms with Crippen LogP contribution in [0.3, 0.4) is 0 Å². The van der Waals surface area contributed by atoms with E-state index in [4.69, 9.17) is 0 Å². The van der Waals surface area contributed by atoms with Gasteiger partial charge in [0.25, 0.3) is 5.91 Å². The van der Waals surface area contributed by atoms with Crippen LogP contribution in [-0.2, 0) is 0 Å². The predicted octanol–water partition coefficient (Wildman–Crippen LogP) is 2.76. The molecule has 0 saturated carbocycles. The van der Waals surface area contributed by atoms with Crippen molar-refractivity contribution in [1.82, 2.24) is 35.5 Å². The smallest absolute Gasteiger partial charge is 0.254 e. The molecular formula is C19H19N7OS. The Balaban J connectivity index is 1.63. The minimum Gasteiger partial charge on any atom is -0.342 e. The highest BCUT2D eigenvalue weighted by atomic mass is 32.2. The molecule has 2 aromatic heterocycles. The van der Waals surface area contributed by atoms with Crippen molar-refractivity contribution < 1.29 is 4.79 Å². The Hall–Kier alpha value is -3.20. The standard InChI is InChI=1S/C19H19N7OS/c1-28-11-10-16(18-21-14-7-3-4-8-15(14)22-18)23-19(27)13-6-2-5-9-17(13)26-12-20-24-25-26/h2-9,12,16H,10-11H2,1H3,(H,21,22)(H,23,27). The van der Waals surface area contributed by atoms with Gasteiger partial charge in [-0.1, -0.05) is 24.3 Å². The summed E-state index contributed by atoms with van der Waals surface area (Å²) < 4.78 is 1.48. The van der Waals surface area contributed by atoms with Gasteiger partial charge in [-0.15, -0.1) is 5.10 Å². The van der Waals surface area contributed by atoms with Crippen molar-refractivity contribution in [2.24, 2.45) is 0 Å². The highest BCUT2D eigenvalue weighted by Crippen LogP contribution is 2.21. The molecule has 0 aliphatic rings. The number of benzene rings is 2. The topological polar surface area (TPSA) is 101 Å². The fourth-order valence-electron chi connectivity index (χ4n) is 3.02. The summed E-state index contributed by atoms with van der Waals surface area (Å²) in [6.45, 7) is 0. The molecule has 4 rings (SSSR count). The van der Waals surface area contributed by atoms with Crippen molar-refractivity contribution in [3.8, 4) is 5.69 Å². The minimum absolute atomic E-state index is 0.197. The average Bonchev–Trinajstić information content (AvgIpc) is 3.40. The van der Waals surface area contributed by atoms with Crippen LogP contribution in [0, 0.1) is 0 Å². The molecule has 0 radical (unpaired) electrons. The molecule has 9 heteroatoms. The summed E-state index contributed by atoms with van der Waals surface area (Å²) in [7, 11) is 0. The average molecular weight is 393 g/mol. The lowest BCUT2D eigenvalue weighted by Gasteiger charge is -2.17. The highest BCUT2D eigenvalue weighted by molar-refractivity contribution is 7.98. The Bertz CT molecular complexity index is 1040. The first kappa shape index (κ1) is 18.2. The third-order valence-electron chi connectivity index (χ3n) is 4.40. The first-order chi connectivity index (χ1) is 13.8. The first-order valence-electron chi connectivity index (χ1n) is 8.83. The summed E-state index contributed by atoms with van der Waals surface area (Å²) in [6.07, 6.45) is 4.28. The van der Waals surface area contributed by atoms with Crippen molar-refractivity contribution in [1.29, 1.82) is 0 Å². The number of H-pyrrole nitrogens is 1. The fraction of sp³-hybridized carbons (Fsp3) is 0.211. The number of carbonyl (C=O) groups is 1. The van der Waals surface area contributed by atoms with Gasteiger partial charge in [-0.25, -0.2) is 4.98 Å². The molecule has 4 aromatic rings. The molecular weight excluding hydrogens is 374 g/mol. The van der Waals surface area contributed by atoms with E-state index in [1.165, 1.54) is 11.0 Å². The summed E-state index contributed by atoms with van der Waals surface area (Å²) in [5, 5.41) is 14.3. The van der Waals surface area contributed by atoms with Crippen molar-refractivity contribution in [2.45, 2.75) is 12.5 Å². The second kappa shape index (κ2) is 8.22. The van der Waals surface area contributed by atoms with E-state index in [9.17, 15) is 4.79 Å². The van der Waals surface area contributed by atoms with E-state index in [2.05, 4.69) is 30.8 Å². The number of nitrogens with zero attached hydrogens (tertiary/aromatic N) is 5. The van der Waals surface area contributed by atoms with Crippen LogP contribution in [0.4, 0.5) is 0 Å². The number of thioether (sulfide) groups is 1. The molecule has 2 aromatic carbocycles. The van der Waals surface area contributed by atoms with E-state index in [1.54, 1.807) is 17.8 Å². The van der Waals surface area contributed by atoms with Gasteiger partial charge >= 0.3 is 0 Å². The van der Waals surface area contributed by atoms with Crippen molar-refractivity contribution in [2.75, 3.05) is 12.0 Å².